The second kappa shape index (κ2) is 9.73. The summed E-state index contributed by atoms with van der Waals surface area (Å²) in [6.07, 6.45) is 0.398. The van der Waals surface area contributed by atoms with Gasteiger partial charge in [0.15, 0.2) is 0 Å². The van der Waals surface area contributed by atoms with Gasteiger partial charge in [0, 0.05) is 34.6 Å². The maximum Gasteiger partial charge on any atom is 0.243 e. The molecule has 0 aliphatic heterocycles. The van der Waals surface area contributed by atoms with Crippen molar-refractivity contribution < 1.29 is 14.4 Å². The first-order valence-corrected chi connectivity index (χ1v) is 9.52. The first-order chi connectivity index (χ1) is 13.7. The van der Waals surface area contributed by atoms with Crippen LogP contribution in [-0.4, -0.2) is 24.3 Å². The molecule has 0 bridgehead atoms. The number of anilines is 4. The van der Waals surface area contributed by atoms with Gasteiger partial charge >= 0.3 is 0 Å². The van der Waals surface area contributed by atoms with E-state index in [0.717, 1.165) is 5.69 Å². The summed E-state index contributed by atoms with van der Waals surface area (Å²) in [5, 5.41) is 11.4. The van der Waals surface area contributed by atoms with Crippen molar-refractivity contribution in [2.45, 2.75) is 34.1 Å². The van der Waals surface area contributed by atoms with Crippen LogP contribution in [0.4, 0.5) is 22.7 Å². The fraction of sp³-hybridized carbons (Fsp3) is 0.318. The summed E-state index contributed by atoms with van der Waals surface area (Å²) in [5.74, 6) is -0.400. The van der Waals surface area contributed by atoms with Crippen LogP contribution in [0.25, 0.3) is 0 Å². The summed E-state index contributed by atoms with van der Waals surface area (Å²) in [4.78, 5) is 35.9. The summed E-state index contributed by atoms with van der Waals surface area (Å²) in [6.45, 7) is 7.35. The van der Waals surface area contributed by atoms with E-state index < -0.39 is 5.41 Å². The van der Waals surface area contributed by atoms with Crippen molar-refractivity contribution in [1.82, 2.24) is 0 Å². The number of rotatable bonds is 7. The number of carbonyl (C=O) groups excluding carboxylic acids is 3. The molecule has 3 amide bonds. The molecule has 0 spiro atoms. The maximum atomic E-state index is 12.3. The normalized spacial score (nSPS) is 10.8. The zero-order valence-electron chi connectivity index (χ0n) is 17.3. The van der Waals surface area contributed by atoms with E-state index in [1.54, 1.807) is 49.4 Å². The highest BCUT2D eigenvalue weighted by Gasteiger charge is 2.21. The molecular weight excluding hydrogens is 368 g/mol. The van der Waals surface area contributed by atoms with Crippen molar-refractivity contribution >= 4 is 40.5 Å². The zero-order valence-corrected chi connectivity index (χ0v) is 17.3. The molecule has 0 aromatic heterocycles. The van der Waals surface area contributed by atoms with Crippen molar-refractivity contribution in [2.75, 3.05) is 27.8 Å². The van der Waals surface area contributed by atoms with Crippen molar-refractivity contribution in [1.29, 1.82) is 0 Å². The highest BCUT2D eigenvalue weighted by Crippen LogP contribution is 2.20. The molecule has 2 aromatic rings. The number of amides is 3. The van der Waals surface area contributed by atoms with Crippen LogP contribution < -0.4 is 21.3 Å². The monoisotopic (exact) mass is 396 g/mol. The van der Waals surface area contributed by atoms with Crippen LogP contribution in [0, 0.1) is 5.41 Å². The van der Waals surface area contributed by atoms with Gasteiger partial charge in [0.25, 0.3) is 0 Å². The topological polar surface area (TPSA) is 99.3 Å². The maximum absolute atomic E-state index is 12.3. The molecule has 0 atom stereocenters. The lowest BCUT2D eigenvalue weighted by Gasteiger charge is -2.18. The second-order valence-electron chi connectivity index (χ2n) is 7.67. The third-order valence-corrected chi connectivity index (χ3v) is 4.01. The Balaban J connectivity index is 1.91. The van der Waals surface area contributed by atoms with Gasteiger partial charge in [-0.05, 0) is 36.4 Å². The number of nitrogens with one attached hydrogen (secondary N) is 4. The first-order valence-electron chi connectivity index (χ1n) is 9.52. The van der Waals surface area contributed by atoms with Gasteiger partial charge in [0.05, 0.1) is 6.54 Å². The van der Waals surface area contributed by atoms with E-state index in [1.165, 1.54) is 0 Å². The zero-order chi connectivity index (χ0) is 21.4. The molecule has 0 heterocycles. The van der Waals surface area contributed by atoms with Gasteiger partial charge in [0.1, 0.15) is 0 Å². The molecule has 4 N–H and O–H groups in total. The number of hydrogen-bond acceptors (Lipinski definition) is 4. The highest BCUT2D eigenvalue weighted by atomic mass is 16.2. The fourth-order valence-corrected chi connectivity index (χ4v) is 2.34. The molecule has 7 heteroatoms. The van der Waals surface area contributed by atoms with Crippen LogP contribution in [0.2, 0.25) is 0 Å². The standard InChI is InChI=1S/C22H28N4O3/c1-5-19(27)24-16-9-6-8-15(12-16)23-14-20(28)25-17-10-7-11-18(13-17)26-21(29)22(2,3)4/h6-13,23H,5,14H2,1-4H3,(H,24,27)(H,25,28)(H,26,29). The lowest BCUT2D eigenvalue weighted by molar-refractivity contribution is -0.123. The van der Waals surface area contributed by atoms with Crippen LogP contribution in [0.3, 0.4) is 0 Å². The minimum Gasteiger partial charge on any atom is -0.376 e. The van der Waals surface area contributed by atoms with Crippen molar-refractivity contribution in [3.63, 3.8) is 0 Å². The smallest absolute Gasteiger partial charge is 0.243 e. The summed E-state index contributed by atoms with van der Waals surface area (Å²) >= 11 is 0. The van der Waals surface area contributed by atoms with Gasteiger partial charge in [-0.2, -0.15) is 0 Å². The largest absolute Gasteiger partial charge is 0.376 e. The molecule has 0 radical (unpaired) electrons. The molecule has 0 unspecified atom stereocenters. The van der Waals surface area contributed by atoms with Gasteiger partial charge in [0.2, 0.25) is 17.7 Å². The molecule has 0 aliphatic rings. The first kappa shape index (κ1) is 21.9. The van der Waals surface area contributed by atoms with Gasteiger partial charge in [-0.15, -0.1) is 0 Å². The van der Waals surface area contributed by atoms with Crippen molar-refractivity contribution in [2.24, 2.45) is 5.41 Å². The predicted octanol–water partition coefficient (Wildman–Crippen LogP) is 4.07. The Kier molecular flexibility index (Phi) is 7.36. The SMILES string of the molecule is CCC(=O)Nc1cccc(NCC(=O)Nc2cccc(NC(=O)C(C)(C)C)c2)c1. The van der Waals surface area contributed by atoms with E-state index in [9.17, 15) is 14.4 Å². The Morgan fingerprint density at radius 3 is 1.79 bits per heavy atom. The third-order valence-electron chi connectivity index (χ3n) is 4.01. The molecular formula is C22H28N4O3. The highest BCUT2D eigenvalue weighted by molar-refractivity contribution is 5.97. The van der Waals surface area contributed by atoms with Gasteiger partial charge in [-0.3, -0.25) is 14.4 Å². The fourth-order valence-electron chi connectivity index (χ4n) is 2.34. The van der Waals surface area contributed by atoms with Crippen LogP contribution >= 0.6 is 0 Å². The van der Waals surface area contributed by atoms with E-state index in [1.807, 2.05) is 26.8 Å². The Hall–Kier alpha value is -3.35. The average molecular weight is 396 g/mol. The van der Waals surface area contributed by atoms with Crippen molar-refractivity contribution in [3.05, 3.63) is 48.5 Å². The molecule has 0 aliphatic carbocycles. The van der Waals surface area contributed by atoms with E-state index in [-0.39, 0.29) is 24.3 Å². The van der Waals surface area contributed by atoms with Crippen LogP contribution in [0.1, 0.15) is 34.1 Å². The predicted molar refractivity (Wildman–Crippen MR) is 117 cm³/mol. The third kappa shape index (κ3) is 7.29. The molecule has 0 saturated carbocycles. The second-order valence-corrected chi connectivity index (χ2v) is 7.67. The molecule has 7 nitrogen and oxygen atoms in total. The minimum atomic E-state index is -0.506. The summed E-state index contributed by atoms with van der Waals surface area (Å²) < 4.78 is 0. The van der Waals surface area contributed by atoms with E-state index in [2.05, 4.69) is 21.3 Å². The average Bonchev–Trinajstić information content (AvgIpc) is 2.66. The molecule has 0 fully saturated rings. The van der Waals surface area contributed by atoms with Crippen molar-refractivity contribution in [3.8, 4) is 0 Å². The summed E-state index contributed by atoms with van der Waals surface area (Å²) in [6, 6.07) is 14.2. The Morgan fingerprint density at radius 1 is 0.759 bits per heavy atom. The molecule has 154 valence electrons. The van der Waals surface area contributed by atoms with E-state index in [0.29, 0.717) is 23.5 Å². The molecule has 0 saturated heterocycles. The van der Waals surface area contributed by atoms with Gasteiger partial charge < -0.3 is 21.3 Å². The van der Waals surface area contributed by atoms with E-state index >= 15 is 0 Å². The van der Waals surface area contributed by atoms with Crippen LogP contribution in [0.15, 0.2) is 48.5 Å². The lowest BCUT2D eigenvalue weighted by Crippen LogP contribution is -2.27. The number of hydrogen-bond donors (Lipinski definition) is 4. The van der Waals surface area contributed by atoms with Crippen LogP contribution in [-0.2, 0) is 14.4 Å². The summed E-state index contributed by atoms with van der Waals surface area (Å²) in [7, 11) is 0. The molecule has 2 aromatic carbocycles. The Morgan fingerprint density at radius 2 is 1.24 bits per heavy atom. The van der Waals surface area contributed by atoms with Gasteiger partial charge in [-0.1, -0.05) is 39.8 Å². The van der Waals surface area contributed by atoms with Crippen LogP contribution in [0.5, 0.6) is 0 Å². The Bertz CT molecular complexity index is 888. The molecule has 29 heavy (non-hydrogen) atoms. The lowest BCUT2D eigenvalue weighted by atomic mass is 9.95. The van der Waals surface area contributed by atoms with E-state index in [4.69, 9.17) is 0 Å². The summed E-state index contributed by atoms with van der Waals surface area (Å²) in [5.41, 5.74) is 2.10. The Labute approximate surface area is 171 Å². The van der Waals surface area contributed by atoms with Gasteiger partial charge in [-0.25, -0.2) is 0 Å². The quantitative estimate of drug-likeness (QED) is 0.567. The number of carbonyl (C=O) groups is 3. The molecule has 2 rings (SSSR count). The minimum absolute atomic E-state index is 0.0593. The number of benzene rings is 2.